The Morgan fingerprint density at radius 1 is 1.27 bits per heavy atom. The third kappa shape index (κ3) is 5.19. The van der Waals surface area contributed by atoms with Crippen LogP contribution in [0.1, 0.15) is 19.0 Å². The van der Waals surface area contributed by atoms with Crippen LogP contribution in [0, 0.1) is 6.92 Å². The number of amides is 1. The van der Waals surface area contributed by atoms with Crippen LogP contribution in [-0.2, 0) is 20.9 Å². The van der Waals surface area contributed by atoms with Crippen LogP contribution >= 0.6 is 11.3 Å². The summed E-state index contributed by atoms with van der Waals surface area (Å²) in [7, 11) is 3.86. The Morgan fingerprint density at radius 2 is 1.92 bits per heavy atom. The minimum atomic E-state index is -0.920. The van der Waals surface area contributed by atoms with E-state index in [1.54, 1.807) is 24.4 Å². The largest absolute Gasteiger partial charge is 0.452 e. The van der Waals surface area contributed by atoms with Crippen LogP contribution in [0.2, 0.25) is 0 Å². The molecule has 0 spiro atoms. The smallest absolute Gasteiger partial charge is 0.308 e. The molecule has 0 fully saturated rings. The Labute approximate surface area is 156 Å². The number of rotatable bonds is 7. The van der Waals surface area contributed by atoms with Crippen LogP contribution in [-0.4, -0.2) is 36.6 Å². The molecule has 0 saturated carbocycles. The first-order valence-electron chi connectivity index (χ1n) is 8.20. The Hall–Kier alpha value is -2.61. The van der Waals surface area contributed by atoms with E-state index < -0.39 is 18.0 Å². The van der Waals surface area contributed by atoms with Gasteiger partial charge in [-0.05, 0) is 38.1 Å². The molecule has 7 nitrogen and oxygen atoms in total. The number of anilines is 2. The predicted octanol–water partition coefficient (Wildman–Crippen LogP) is 2.24. The summed E-state index contributed by atoms with van der Waals surface area (Å²) in [5.41, 5.74) is 2.45. The first kappa shape index (κ1) is 19.7. The number of aryl methyl sites for hydroxylation is 1. The minimum absolute atomic E-state index is 0.0344. The highest BCUT2D eigenvalue weighted by molar-refractivity contribution is 7.07. The quantitative estimate of drug-likeness (QED) is 0.749. The molecule has 0 radical (unpaired) electrons. The van der Waals surface area contributed by atoms with Crippen LogP contribution in [0.5, 0.6) is 0 Å². The SMILES string of the molecule is Cc1csc(=O)n1CCC(=O)O[C@H](C)C(=O)Nc1ccc(N(C)C)cc1. The molecular weight excluding hydrogens is 354 g/mol. The maximum Gasteiger partial charge on any atom is 0.308 e. The number of hydrogen-bond donors (Lipinski definition) is 1. The molecule has 1 N–H and O–H groups in total. The van der Waals surface area contributed by atoms with Crippen LogP contribution in [0.25, 0.3) is 0 Å². The zero-order chi connectivity index (χ0) is 19.3. The van der Waals surface area contributed by atoms with E-state index in [1.807, 2.05) is 31.1 Å². The van der Waals surface area contributed by atoms with E-state index in [9.17, 15) is 14.4 Å². The van der Waals surface area contributed by atoms with E-state index in [-0.39, 0.29) is 17.8 Å². The number of ether oxygens (including phenoxy) is 1. The van der Waals surface area contributed by atoms with Gasteiger partial charge >= 0.3 is 10.8 Å². The molecule has 2 aromatic rings. The summed E-state index contributed by atoms with van der Waals surface area (Å²) < 4.78 is 6.67. The molecule has 0 saturated heterocycles. The van der Waals surface area contributed by atoms with Gasteiger partial charge in [0.25, 0.3) is 5.91 Å². The third-order valence-corrected chi connectivity index (χ3v) is 4.73. The molecule has 1 atom stereocenters. The number of nitrogens with one attached hydrogen (secondary N) is 1. The van der Waals surface area contributed by atoms with Gasteiger partial charge in [0.05, 0.1) is 6.42 Å². The molecule has 140 valence electrons. The number of hydrogen-bond acceptors (Lipinski definition) is 6. The van der Waals surface area contributed by atoms with Gasteiger partial charge in [0.15, 0.2) is 6.10 Å². The Bertz CT molecular complexity index is 824. The molecule has 1 heterocycles. The topological polar surface area (TPSA) is 80.6 Å². The van der Waals surface area contributed by atoms with Crippen molar-refractivity contribution >= 4 is 34.6 Å². The number of carbonyl (C=O) groups is 2. The van der Waals surface area contributed by atoms with Crippen molar-refractivity contribution < 1.29 is 14.3 Å². The molecule has 0 aliphatic rings. The first-order valence-corrected chi connectivity index (χ1v) is 9.08. The molecular formula is C18H23N3O4S. The van der Waals surface area contributed by atoms with Crippen molar-refractivity contribution in [3.8, 4) is 0 Å². The van der Waals surface area contributed by atoms with E-state index in [2.05, 4.69) is 5.32 Å². The fourth-order valence-corrected chi connectivity index (χ4v) is 3.04. The van der Waals surface area contributed by atoms with Gasteiger partial charge < -0.3 is 19.5 Å². The fraction of sp³-hybridized carbons (Fsp3) is 0.389. The maximum atomic E-state index is 12.2. The van der Waals surface area contributed by atoms with Gasteiger partial charge in [0.1, 0.15) is 0 Å². The normalized spacial score (nSPS) is 11.7. The van der Waals surface area contributed by atoms with Crippen molar-refractivity contribution in [1.82, 2.24) is 4.57 Å². The number of esters is 1. The third-order valence-electron chi connectivity index (χ3n) is 3.84. The van der Waals surface area contributed by atoms with Crippen LogP contribution < -0.4 is 15.1 Å². The predicted molar refractivity (Wildman–Crippen MR) is 103 cm³/mol. The number of thiazole rings is 1. The molecule has 1 aromatic heterocycles. The van der Waals surface area contributed by atoms with Crippen molar-refractivity contribution in [2.45, 2.75) is 32.9 Å². The zero-order valence-corrected chi connectivity index (χ0v) is 16.1. The Balaban J connectivity index is 1.84. The molecule has 1 amide bonds. The molecule has 2 rings (SSSR count). The summed E-state index contributed by atoms with van der Waals surface area (Å²) in [5.74, 6) is -0.923. The van der Waals surface area contributed by atoms with E-state index in [1.165, 1.54) is 11.5 Å². The van der Waals surface area contributed by atoms with Crippen molar-refractivity contribution in [2.24, 2.45) is 0 Å². The van der Waals surface area contributed by atoms with Crippen molar-refractivity contribution in [3.63, 3.8) is 0 Å². The molecule has 0 aliphatic carbocycles. The Morgan fingerprint density at radius 3 is 2.46 bits per heavy atom. The molecule has 8 heteroatoms. The molecule has 0 aliphatic heterocycles. The molecule has 26 heavy (non-hydrogen) atoms. The second-order valence-electron chi connectivity index (χ2n) is 6.11. The lowest BCUT2D eigenvalue weighted by Crippen LogP contribution is -2.30. The van der Waals surface area contributed by atoms with Crippen LogP contribution in [0.15, 0.2) is 34.4 Å². The Kier molecular flexibility index (Phi) is 6.57. The summed E-state index contributed by atoms with van der Waals surface area (Å²) in [5, 5.41) is 4.45. The monoisotopic (exact) mass is 377 g/mol. The van der Waals surface area contributed by atoms with Gasteiger partial charge in [-0.15, -0.1) is 0 Å². The number of carbonyl (C=O) groups excluding carboxylic acids is 2. The van der Waals surface area contributed by atoms with E-state index >= 15 is 0 Å². The van der Waals surface area contributed by atoms with Gasteiger partial charge in [0.2, 0.25) is 0 Å². The van der Waals surface area contributed by atoms with Crippen molar-refractivity contribution in [1.29, 1.82) is 0 Å². The number of benzene rings is 1. The molecule has 0 bridgehead atoms. The molecule has 0 unspecified atom stereocenters. The van der Waals surface area contributed by atoms with Gasteiger partial charge in [0, 0.05) is 43.1 Å². The maximum absolute atomic E-state index is 12.2. The lowest BCUT2D eigenvalue weighted by atomic mass is 10.2. The fourth-order valence-electron chi connectivity index (χ4n) is 2.27. The van der Waals surface area contributed by atoms with Gasteiger partial charge in [-0.2, -0.15) is 0 Å². The standard InChI is InChI=1S/C18H23N3O4S/c1-12-11-26-18(24)21(12)10-9-16(22)25-13(2)17(23)19-14-5-7-15(8-6-14)20(3)4/h5-8,11,13H,9-10H2,1-4H3,(H,19,23)/t13-/m1/s1. The summed E-state index contributed by atoms with van der Waals surface area (Å²) in [6.45, 7) is 3.57. The second-order valence-corrected chi connectivity index (χ2v) is 6.93. The van der Waals surface area contributed by atoms with Gasteiger partial charge in [-0.1, -0.05) is 11.3 Å². The van der Waals surface area contributed by atoms with Crippen LogP contribution in [0.3, 0.4) is 0 Å². The highest BCUT2D eigenvalue weighted by Gasteiger charge is 2.18. The second kappa shape index (κ2) is 8.66. The average Bonchev–Trinajstić information content (AvgIpc) is 2.91. The summed E-state index contributed by atoms with van der Waals surface area (Å²) >= 11 is 1.09. The van der Waals surface area contributed by atoms with Crippen molar-refractivity contribution in [3.05, 3.63) is 45.0 Å². The molecule has 1 aromatic carbocycles. The summed E-state index contributed by atoms with van der Waals surface area (Å²) in [6, 6.07) is 7.33. The van der Waals surface area contributed by atoms with E-state index in [0.717, 1.165) is 22.7 Å². The first-order chi connectivity index (χ1) is 12.3. The van der Waals surface area contributed by atoms with Gasteiger partial charge in [-0.25, -0.2) is 0 Å². The lowest BCUT2D eigenvalue weighted by molar-refractivity contribution is -0.153. The number of aromatic nitrogens is 1. The summed E-state index contributed by atoms with van der Waals surface area (Å²) in [6.07, 6.45) is -0.886. The van der Waals surface area contributed by atoms with E-state index in [0.29, 0.717) is 5.69 Å². The van der Waals surface area contributed by atoms with Gasteiger partial charge in [-0.3, -0.25) is 14.4 Å². The summed E-state index contributed by atoms with van der Waals surface area (Å²) in [4.78, 5) is 37.5. The highest BCUT2D eigenvalue weighted by atomic mass is 32.1. The van der Waals surface area contributed by atoms with Crippen LogP contribution in [0.4, 0.5) is 11.4 Å². The zero-order valence-electron chi connectivity index (χ0n) is 15.3. The minimum Gasteiger partial charge on any atom is -0.452 e. The highest BCUT2D eigenvalue weighted by Crippen LogP contribution is 2.16. The number of nitrogens with zero attached hydrogens (tertiary/aromatic N) is 2. The lowest BCUT2D eigenvalue weighted by Gasteiger charge is -2.15. The van der Waals surface area contributed by atoms with Crippen molar-refractivity contribution in [2.75, 3.05) is 24.3 Å². The average molecular weight is 377 g/mol. The van der Waals surface area contributed by atoms with E-state index in [4.69, 9.17) is 4.74 Å².